The predicted octanol–water partition coefficient (Wildman–Crippen LogP) is 5.89. The van der Waals surface area contributed by atoms with E-state index in [4.69, 9.17) is 5.73 Å². The molecule has 1 amide bonds. The SMILES string of the molecule is C=Cc1c(N)cc(-c2cnccc2C)cc1/C=C(\C)NC(=O)C=C1CCC(F)(F)CC1. The lowest BCUT2D eigenvalue weighted by atomic mass is 9.91. The Morgan fingerprint density at radius 2 is 2.00 bits per heavy atom. The number of nitrogen functional groups attached to an aromatic ring is 1. The van der Waals surface area contributed by atoms with Gasteiger partial charge in [-0.2, -0.15) is 0 Å². The fourth-order valence-corrected chi connectivity index (χ4v) is 3.74. The third-order valence-electron chi connectivity index (χ3n) is 5.45. The molecule has 1 aromatic heterocycles. The van der Waals surface area contributed by atoms with Crippen molar-refractivity contribution >= 4 is 23.7 Å². The van der Waals surface area contributed by atoms with Gasteiger partial charge in [0.05, 0.1) is 0 Å². The van der Waals surface area contributed by atoms with E-state index in [0.717, 1.165) is 33.4 Å². The zero-order valence-corrected chi connectivity index (χ0v) is 17.8. The van der Waals surface area contributed by atoms with Crippen LogP contribution in [-0.4, -0.2) is 16.8 Å². The molecule has 1 aliphatic carbocycles. The average molecular weight is 424 g/mol. The number of pyridine rings is 1. The molecule has 1 heterocycles. The van der Waals surface area contributed by atoms with Gasteiger partial charge < -0.3 is 11.1 Å². The number of aryl methyl sites for hydroxylation is 1. The molecule has 0 atom stereocenters. The Kier molecular flexibility index (Phi) is 6.68. The number of rotatable bonds is 5. The van der Waals surface area contributed by atoms with Gasteiger partial charge in [0.15, 0.2) is 0 Å². The van der Waals surface area contributed by atoms with E-state index in [1.165, 1.54) is 6.08 Å². The molecule has 2 aromatic rings. The first-order valence-electron chi connectivity index (χ1n) is 10.2. The molecule has 4 nitrogen and oxygen atoms in total. The maximum absolute atomic E-state index is 13.3. The number of aromatic nitrogens is 1. The number of nitrogens with two attached hydrogens (primary N) is 1. The van der Waals surface area contributed by atoms with Crippen LogP contribution in [-0.2, 0) is 4.79 Å². The van der Waals surface area contributed by atoms with Gasteiger partial charge >= 0.3 is 0 Å². The van der Waals surface area contributed by atoms with Crippen molar-refractivity contribution < 1.29 is 13.6 Å². The van der Waals surface area contributed by atoms with Crippen LogP contribution < -0.4 is 11.1 Å². The number of halogens is 2. The van der Waals surface area contributed by atoms with Gasteiger partial charge in [-0.15, -0.1) is 0 Å². The molecule has 162 valence electrons. The Labute approximate surface area is 181 Å². The monoisotopic (exact) mass is 423 g/mol. The fourth-order valence-electron chi connectivity index (χ4n) is 3.74. The quantitative estimate of drug-likeness (QED) is 0.465. The molecule has 3 N–H and O–H groups in total. The van der Waals surface area contributed by atoms with Gasteiger partial charge in [0.2, 0.25) is 11.8 Å². The number of hydrogen-bond donors (Lipinski definition) is 2. The van der Waals surface area contributed by atoms with E-state index in [9.17, 15) is 13.6 Å². The third-order valence-corrected chi connectivity index (χ3v) is 5.45. The van der Waals surface area contributed by atoms with E-state index in [-0.39, 0.29) is 31.6 Å². The Morgan fingerprint density at radius 3 is 2.65 bits per heavy atom. The first-order valence-corrected chi connectivity index (χ1v) is 10.2. The summed E-state index contributed by atoms with van der Waals surface area (Å²) in [5.74, 6) is -2.94. The highest BCUT2D eigenvalue weighted by Gasteiger charge is 2.32. The molecule has 0 aliphatic heterocycles. The number of hydrogen-bond acceptors (Lipinski definition) is 3. The molecule has 1 aliphatic rings. The number of carbonyl (C=O) groups is 1. The molecule has 0 spiro atoms. The van der Waals surface area contributed by atoms with Crippen LogP contribution in [0.1, 0.15) is 49.3 Å². The summed E-state index contributed by atoms with van der Waals surface area (Å²) in [4.78, 5) is 16.6. The first kappa shape index (κ1) is 22.4. The highest BCUT2D eigenvalue weighted by atomic mass is 19.3. The molecule has 6 heteroatoms. The Hall–Kier alpha value is -3.28. The summed E-state index contributed by atoms with van der Waals surface area (Å²) < 4.78 is 26.6. The van der Waals surface area contributed by atoms with Crippen molar-refractivity contribution in [3.63, 3.8) is 0 Å². The number of allylic oxidation sites excluding steroid dienone is 2. The lowest BCUT2D eigenvalue weighted by Crippen LogP contribution is -2.23. The van der Waals surface area contributed by atoms with Crippen LogP contribution in [0.5, 0.6) is 0 Å². The highest BCUT2D eigenvalue weighted by Crippen LogP contribution is 2.35. The van der Waals surface area contributed by atoms with Crippen LogP contribution in [0.2, 0.25) is 0 Å². The molecule has 1 aromatic carbocycles. The van der Waals surface area contributed by atoms with Crippen LogP contribution in [0.25, 0.3) is 23.3 Å². The molecular weight excluding hydrogens is 396 g/mol. The topological polar surface area (TPSA) is 68.0 Å². The summed E-state index contributed by atoms with van der Waals surface area (Å²) in [6, 6.07) is 5.80. The standard InChI is InChI=1S/C25H27F2N3O/c1-4-21-19(13-20(14-23(21)28)22-15-29-10-7-16(22)2)11-17(3)30-24(31)12-18-5-8-25(26,27)9-6-18/h4,7,10-15H,1,5-6,8-9,28H2,2-3H3,(H,30,31)/b17-11+. The van der Waals surface area contributed by atoms with Gasteiger partial charge in [0.25, 0.3) is 0 Å². The van der Waals surface area contributed by atoms with Gasteiger partial charge in [-0.05, 0) is 67.7 Å². The zero-order chi connectivity index (χ0) is 22.6. The van der Waals surface area contributed by atoms with Crippen molar-refractivity contribution in [2.45, 2.75) is 45.5 Å². The molecular formula is C25H27F2N3O. The van der Waals surface area contributed by atoms with E-state index in [0.29, 0.717) is 11.4 Å². The largest absolute Gasteiger partial charge is 0.398 e. The summed E-state index contributed by atoms with van der Waals surface area (Å²) in [7, 11) is 0. The fraction of sp³-hybridized carbons (Fsp3) is 0.280. The summed E-state index contributed by atoms with van der Waals surface area (Å²) in [6.45, 7) is 7.63. The number of nitrogens with one attached hydrogen (secondary N) is 1. The van der Waals surface area contributed by atoms with Crippen LogP contribution in [0.3, 0.4) is 0 Å². The van der Waals surface area contributed by atoms with Crippen LogP contribution >= 0.6 is 0 Å². The summed E-state index contributed by atoms with van der Waals surface area (Å²) in [6.07, 6.45) is 8.55. The Bertz CT molecular complexity index is 1060. The molecule has 31 heavy (non-hydrogen) atoms. The van der Waals surface area contributed by atoms with Crippen molar-refractivity contribution in [1.82, 2.24) is 10.3 Å². The number of nitrogens with zero attached hydrogens (tertiary/aromatic N) is 1. The van der Waals surface area contributed by atoms with Crippen LogP contribution in [0.4, 0.5) is 14.5 Å². The van der Waals surface area contributed by atoms with Crippen molar-refractivity contribution in [1.29, 1.82) is 0 Å². The number of amides is 1. The summed E-state index contributed by atoms with van der Waals surface area (Å²) >= 11 is 0. The second kappa shape index (κ2) is 9.25. The molecule has 0 radical (unpaired) electrons. The van der Waals surface area contributed by atoms with Crippen molar-refractivity contribution in [3.8, 4) is 11.1 Å². The average Bonchev–Trinajstić information content (AvgIpc) is 2.69. The van der Waals surface area contributed by atoms with E-state index in [2.05, 4.69) is 16.9 Å². The van der Waals surface area contributed by atoms with Crippen LogP contribution in [0.15, 0.2) is 54.5 Å². The van der Waals surface area contributed by atoms with Gasteiger partial charge in [0, 0.05) is 53.8 Å². The van der Waals surface area contributed by atoms with E-state index in [1.54, 1.807) is 25.4 Å². The highest BCUT2D eigenvalue weighted by molar-refractivity contribution is 5.90. The molecule has 3 rings (SSSR count). The molecule has 0 bridgehead atoms. The summed E-state index contributed by atoms with van der Waals surface area (Å²) in [5.41, 5.74) is 12.8. The maximum atomic E-state index is 13.3. The summed E-state index contributed by atoms with van der Waals surface area (Å²) in [5, 5.41) is 2.81. The van der Waals surface area contributed by atoms with E-state index >= 15 is 0 Å². The van der Waals surface area contributed by atoms with Crippen molar-refractivity contribution in [2.24, 2.45) is 0 Å². The molecule has 1 fully saturated rings. The molecule has 0 saturated heterocycles. The van der Waals surface area contributed by atoms with Crippen molar-refractivity contribution in [2.75, 3.05) is 5.73 Å². The molecule has 1 saturated carbocycles. The van der Waals surface area contributed by atoms with E-state index < -0.39 is 5.92 Å². The number of anilines is 1. The minimum atomic E-state index is -2.62. The van der Waals surface area contributed by atoms with Gasteiger partial charge in [-0.1, -0.05) is 18.2 Å². The number of alkyl halides is 2. The second-order valence-electron chi connectivity index (χ2n) is 7.94. The third kappa shape index (κ3) is 5.66. The van der Waals surface area contributed by atoms with Gasteiger partial charge in [-0.3, -0.25) is 9.78 Å². The maximum Gasteiger partial charge on any atom is 0.248 e. The lowest BCUT2D eigenvalue weighted by Gasteiger charge is -2.23. The molecule has 0 unspecified atom stereocenters. The number of benzene rings is 1. The van der Waals surface area contributed by atoms with Gasteiger partial charge in [0.1, 0.15) is 0 Å². The number of carbonyl (C=O) groups excluding carboxylic acids is 1. The second-order valence-corrected chi connectivity index (χ2v) is 7.94. The predicted molar refractivity (Wildman–Crippen MR) is 122 cm³/mol. The van der Waals surface area contributed by atoms with Crippen molar-refractivity contribution in [3.05, 3.63) is 71.2 Å². The van der Waals surface area contributed by atoms with E-state index in [1.807, 2.05) is 31.2 Å². The van der Waals surface area contributed by atoms with Gasteiger partial charge in [-0.25, -0.2) is 8.78 Å². The Balaban J connectivity index is 1.84. The smallest absolute Gasteiger partial charge is 0.248 e. The van der Waals surface area contributed by atoms with Crippen LogP contribution in [0, 0.1) is 6.92 Å². The minimum absolute atomic E-state index is 0.205. The Morgan fingerprint density at radius 1 is 1.29 bits per heavy atom. The zero-order valence-electron chi connectivity index (χ0n) is 17.8. The minimum Gasteiger partial charge on any atom is -0.398 e. The lowest BCUT2D eigenvalue weighted by molar-refractivity contribution is -0.115. The first-order chi connectivity index (χ1) is 14.7. The normalized spacial score (nSPS) is 16.0.